The first-order chi connectivity index (χ1) is 15.5. The number of carboxylic acid groups (broad SMARTS) is 1. The molecule has 32 heavy (non-hydrogen) atoms. The molecule has 1 aliphatic heterocycles. The van der Waals surface area contributed by atoms with E-state index in [1.807, 2.05) is 0 Å². The van der Waals surface area contributed by atoms with Crippen LogP contribution in [0.5, 0.6) is 5.75 Å². The van der Waals surface area contributed by atoms with Gasteiger partial charge in [-0.3, -0.25) is 9.69 Å². The van der Waals surface area contributed by atoms with Gasteiger partial charge in [0.25, 0.3) is 0 Å². The van der Waals surface area contributed by atoms with Gasteiger partial charge in [-0.2, -0.15) is 0 Å². The van der Waals surface area contributed by atoms with Gasteiger partial charge in [0.2, 0.25) is 0 Å². The maximum absolute atomic E-state index is 11.1. The standard InChI is InChI=1S/C27H37NO4/c1-19(2)31-18-20-4-8-25(9-5-20)32-26-10-7-23-15-21(3-6-24(23)16-26)17-28-13-11-22(12-14-28)27(29)30/h3,6-7,10,15-16,19-20,22,25H,4-5,8-9,11-14,17-18H2,1-2H3,(H,29,30). The Labute approximate surface area is 191 Å². The number of benzene rings is 2. The van der Waals surface area contributed by atoms with Gasteiger partial charge in [0.1, 0.15) is 5.75 Å². The van der Waals surface area contributed by atoms with Crippen LogP contribution in [0.3, 0.4) is 0 Å². The highest BCUT2D eigenvalue weighted by Crippen LogP contribution is 2.30. The van der Waals surface area contributed by atoms with Crippen LogP contribution in [0.2, 0.25) is 0 Å². The molecule has 1 N–H and O–H groups in total. The first kappa shape index (κ1) is 23.1. The third kappa shape index (κ3) is 6.23. The Bertz CT molecular complexity index is 896. The molecule has 174 valence electrons. The van der Waals surface area contributed by atoms with Crippen LogP contribution in [0.15, 0.2) is 36.4 Å². The lowest BCUT2D eigenvalue weighted by molar-refractivity contribution is -0.143. The molecular weight excluding hydrogens is 402 g/mol. The number of hydrogen-bond donors (Lipinski definition) is 1. The highest BCUT2D eigenvalue weighted by atomic mass is 16.5. The highest BCUT2D eigenvalue weighted by molar-refractivity contribution is 5.84. The van der Waals surface area contributed by atoms with Crippen molar-refractivity contribution in [3.63, 3.8) is 0 Å². The number of nitrogens with zero attached hydrogens (tertiary/aromatic N) is 1. The molecule has 0 bridgehead atoms. The summed E-state index contributed by atoms with van der Waals surface area (Å²) in [4.78, 5) is 13.5. The maximum atomic E-state index is 11.1. The van der Waals surface area contributed by atoms with Gasteiger partial charge in [0.15, 0.2) is 0 Å². The number of carboxylic acids is 1. The number of fused-ring (bicyclic) bond motifs is 1. The summed E-state index contributed by atoms with van der Waals surface area (Å²) in [6.45, 7) is 7.66. The molecule has 0 spiro atoms. The molecule has 1 saturated carbocycles. The minimum atomic E-state index is -0.651. The molecular formula is C27H37NO4. The number of ether oxygens (including phenoxy) is 2. The van der Waals surface area contributed by atoms with Crippen LogP contribution in [0.25, 0.3) is 10.8 Å². The minimum absolute atomic E-state index is 0.176. The van der Waals surface area contributed by atoms with Crippen LogP contribution in [-0.2, 0) is 16.1 Å². The van der Waals surface area contributed by atoms with Crippen molar-refractivity contribution in [1.82, 2.24) is 4.90 Å². The van der Waals surface area contributed by atoms with Gasteiger partial charge in [0.05, 0.1) is 18.1 Å². The van der Waals surface area contributed by atoms with Gasteiger partial charge >= 0.3 is 5.97 Å². The number of carbonyl (C=O) groups is 1. The zero-order valence-electron chi connectivity index (χ0n) is 19.5. The summed E-state index contributed by atoms with van der Waals surface area (Å²) in [6, 6.07) is 13.0. The van der Waals surface area contributed by atoms with E-state index in [9.17, 15) is 9.90 Å². The van der Waals surface area contributed by atoms with Gasteiger partial charge in [-0.1, -0.05) is 18.2 Å². The summed E-state index contributed by atoms with van der Waals surface area (Å²) in [5.41, 5.74) is 1.28. The summed E-state index contributed by atoms with van der Waals surface area (Å²) in [5.74, 6) is 0.802. The van der Waals surface area contributed by atoms with Crippen LogP contribution in [0, 0.1) is 11.8 Å². The molecule has 0 radical (unpaired) electrons. The summed E-state index contributed by atoms with van der Waals surface area (Å²) < 4.78 is 12.1. The van der Waals surface area contributed by atoms with Crippen molar-refractivity contribution in [2.24, 2.45) is 11.8 Å². The second-order valence-corrected chi connectivity index (χ2v) is 9.87. The molecule has 2 aromatic carbocycles. The fourth-order valence-corrected chi connectivity index (χ4v) is 4.98. The topological polar surface area (TPSA) is 59.0 Å². The van der Waals surface area contributed by atoms with Crippen LogP contribution >= 0.6 is 0 Å². The van der Waals surface area contributed by atoms with Crippen molar-refractivity contribution in [1.29, 1.82) is 0 Å². The van der Waals surface area contributed by atoms with Gasteiger partial charge in [-0.25, -0.2) is 0 Å². The van der Waals surface area contributed by atoms with Crippen LogP contribution in [0.1, 0.15) is 57.9 Å². The smallest absolute Gasteiger partial charge is 0.306 e. The molecule has 5 heteroatoms. The Hall–Kier alpha value is -2.11. The van der Waals surface area contributed by atoms with Crippen molar-refractivity contribution < 1.29 is 19.4 Å². The lowest BCUT2D eigenvalue weighted by atomic mass is 9.88. The predicted molar refractivity (Wildman–Crippen MR) is 127 cm³/mol. The van der Waals surface area contributed by atoms with Crippen LogP contribution < -0.4 is 4.74 Å². The number of likely N-dealkylation sites (tertiary alicyclic amines) is 1. The zero-order valence-corrected chi connectivity index (χ0v) is 19.5. The first-order valence-corrected chi connectivity index (χ1v) is 12.2. The first-order valence-electron chi connectivity index (χ1n) is 12.2. The fourth-order valence-electron chi connectivity index (χ4n) is 4.98. The highest BCUT2D eigenvalue weighted by Gasteiger charge is 2.25. The van der Waals surface area contributed by atoms with E-state index < -0.39 is 5.97 Å². The van der Waals surface area contributed by atoms with E-state index in [1.165, 1.54) is 29.2 Å². The van der Waals surface area contributed by atoms with E-state index in [1.54, 1.807) is 0 Å². The zero-order chi connectivity index (χ0) is 22.5. The van der Waals surface area contributed by atoms with Crippen molar-refractivity contribution in [2.45, 2.75) is 71.1 Å². The molecule has 0 atom stereocenters. The van der Waals surface area contributed by atoms with Crippen molar-refractivity contribution in [3.8, 4) is 5.75 Å². The van der Waals surface area contributed by atoms with Gasteiger partial charge in [-0.05, 0) is 106 Å². The van der Waals surface area contributed by atoms with E-state index in [0.29, 0.717) is 18.1 Å². The average Bonchev–Trinajstić information content (AvgIpc) is 2.79. The summed E-state index contributed by atoms with van der Waals surface area (Å²) in [6.07, 6.45) is 6.66. The Balaban J connectivity index is 1.29. The number of hydrogen-bond acceptors (Lipinski definition) is 4. The monoisotopic (exact) mass is 439 g/mol. The molecule has 0 unspecified atom stereocenters. The quantitative estimate of drug-likeness (QED) is 0.589. The van der Waals surface area contributed by atoms with Crippen molar-refractivity contribution in [3.05, 3.63) is 42.0 Å². The maximum Gasteiger partial charge on any atom is 0.306 e. The Morgan fingerprint density at radius 3 is 2.38 bits per heavy atom. The van der Waals surface area contributed by atoms with Gasteiger partial charge < -0.3 is 14.6 Å². The summed E-state index contributed by atoms with van der Waals surface area (Å²) in [5, 5.41) is 11.6. The van der Waals surface area contributed by atoms with Crippen LogP contribution in [-0.4, -0.2) is 47.9 Å². The van der Waals surface area contributed by atoms with E-state index in [0.717, 1.165) is 57.7 Å². The average molecular weight is 440 g/mol. The van der Waals surface area contributed by atoms with E-state index in [2.05, 4.69) is 55.1 Å². The van der Waals surface area contributed by atoms with Crippen molar-refractivity contribution in [2.75, 3.05) is 19.7 Å². The number of aliphatic carboxylic acids is 1. The number of piperidine rings is 1. The third-order valence-electron chi connectivity index (χ3n) is 6.98. The van der Waals surface area contributed by atoms with Gasteiger partial charge in [-0.15, -0.1) is 0 Å². The second-order valence-electron chi connectivity index (χ2n) is 9.87. The lowest BCUT2D eigenvalue weighted by Gasteiger charge is -2.30. The SMILES string of the molecule is CC(C)OCC1CCC(Oc2ccc3cc(CN4CCC(C(=O)O)CC4)ccc3c2)CC1. The third-order valence-corrected chi connectivity index (χ3v) is 6.98. The Morgan fingerprint density at radius 1 is 1.00 bits per heavy atom. The van der Waals surface area contributed by atoms with Gasteiger partial charge in [0, 0.05) is 13.2 Å². The lowest BCUT2D eigenvalue weighted by Crippen LogP contribution is -2.35. The molecule has 1 heterocycles. The predicted octanol–water partition coefficient (Wildman–Crippen LogP) is 5.50. The molecule has 2 aromatic rings. The summed E-state index contributed by atoms with van der Waals surface area (Å²) in [7, 11) is 0. The molecule has 2 fully saturated rings. The number of rotatable bonds is 8. The normalized spacial score (nSPS) is 23.0. The van der Waals surface area contributed by atoms with Crippen molar-refractivity contribution >= 4 is 16.7 Å². The molecule has 5 nitrogen and oxygen atoms in total. The molecule has 0 amide bonds. The molecule has 4 rings (SSSR count). The molecule has 1 saturated heterocycles. The Kier molecular flexibility index (Phi) is 7.69. The molecule has 0 aromatic heterocycles. The van der Waals surface area contributed by atoms with E-state index in [4.69, 9.17) is 9.47 Å². The minimum Gasteiger partial charge on any atom is -0.490 e. The Morgan fingerprint density at radius 2 is 1.69 bits per heavy atom. The van der Waals surface area contributed by atoms with Crippen LogP contribution in [0.4, 0.5) is 0 Å². The fraction of sp³-hybridized carbons (Fsp3) is 0.593. The van der Waals surface area contributed by atoms with E-state index in [-0.39, 0.29) is 5.92 Å². The second kappa shape index (κ2) is 10.7. The molecule has 2 aliphatic rings. The molecule has 1 aliphatic carbocycles. The van der Waals surface area contributed by atoms with E-state index >= 15 is 0 Å². The largest absolute Gasteiger partial charge is 0.490 e. The summed E-state index contributed by atoms with van der Waals surface area (Å²) >= 11 is 0.